The standard InChI is InChI=1S/C30H38FN5O2.2ClH/c1-19-14-35(29(38)21(19)3)16-25-13-32-20(2)15-34(25)17-27(37)36-18-30(4,5)28-26(36)11-23(12-33-28)10-22-6-8-24(31)9-7-22;;/h6-9,11-12,20,25,32H,10,13-18H2,1-5H3;2*1H/t20-,25-;;/m1../s1. The summed E-state index contributed by atoms with van der Waals surface area (Å²) in [4.78, 5) is 37.4. The highest BCUT2D eigenvalue weighted by Gasteiger charge is 2.41. The second kappa shape index (κ2) is 12.6. The second-order valence-electron chi connectivity index (χ2n) is 11.9. The Morgan fingerprint density at radius 3 is 2.50 bits per heavy atom. The third-order valence-electron chi connectivity index (χ3n) is 8.20. The Kier molecular flexibility index (Phi) is 10.0. The zero-order valence-corrected chi connectivity index (χ0v) is 25.5. The zero-order valence-electron chi connectivity index (χ0n) is 23.9. The van der Waals surface area contributed by atoms with Crippen LogP contribution in [0.5, 0.6) is 0 Å². The van der Waals surface area contributed by atoms with Gasteiger partial charge in [-0.3, -0.25) is 19.5 Å². The lowest BCUT2D eigenvalue weighted by atomic mass is 9.91. The third-order valence-corrected chi connectivity index (χ3v) is 8.20. The Balaban J connectivity index is 0.00000220. The van der Waals surface area contributed by atoms with E-state index in [-0.39, 0.29) is 59.9 Å². The molecule has 3 aliphatic rings. The molecule has 1 aromatic heterocycles. The first-order valence-corrected chi connectivity index (χ1v) is 13.5. The maximum absolute atomic E-state index is 13.8. The molecule has 1 N–H and O–H groups in total. The van der Waals surface area contributed by atoms with Crippen LogP contribution in [0.15, 0.2) is 47.7 Å². The number of aromatic nitrogens is 1. The lowest BCUT2D eigenvalue weighted by Gasteiger charge is -2.41. The number of carbonyl (C=O) groups is 2. The Bertz CT molecular complexity index is 1280. The molecule has 0 bridgehead atoms. The molecule has 0 saturated carbocycles. The molecule has 1 aromatic carbocycles. The fourth-order valence-corrected chi connectivity index (χ4v) is 5.90. The number of benzene rings is 1. The van der Waals surface area contributed by atoms with Gasteiger partial charge in [0.05, 0.1) is 17.9 Å². The minimum Gasteiger partial charge on any atom is -0.333 e. The van der Waals surface area contributed by atoms with Gasteiger partial charge in [0.2, 0.25) is 11.8 Å². The average molecular weight is 593 g/mol. The molecule has 3 aliphatic heterocycles. The van der Waals surface area contributed by atoms with E-state index in [1.807, 2.05) is 29.8 Å². The second-order valence-corrected chi connectivity index (χ2v) is 11.9. The van der Waals surface area contributed by atoms with Crippen molar-refractivity contribution < 1.29 is 14.0 Å². The van der Waals surface area contributed by atoms with Gasteiger partial charge >= 0.3 is 0 Å². The van der Waals surface area contributed by atoms with Gasteiger partial charge in [0, 0.05) is 62.0 Å². The van der Waals surface area contributed by atoms with Crippen LogP contribution < -0.4 is 10.2 Å². The summed E-state index contributed by atoms with van der Waals surface area (Å²) >= 11 is 0. The predicted molar refractivity (Wildman–Crippen MR) is 161 cm³/mol. The van der Waals surface area contributed by atoms with Gasteiger partial charge in [-0.2, -0.15) is 0 Å². The van der Waals surface area contributed by atoms with E-state index in [4.69, 9.17) is 4.98 Å². The van der Waals surface area contributed by atoms with Gasteiger partial charge in [0.15, 0.2) is 0 Å². The van der Waals surface area contributed by atoms with Crippen LogP contribution in [0.2, 0.25) is 0 Å². The van der Waals surface area contributed by atoms with Gasteiger partial charge in [-0.05, 0) is 62.1 Å². The number of piperazine rings is 1. The summed E-state index contributed by atoms with van der Waals surface area (Å²) in [7, 11) is 0. The summed E-state index contributed by atoms with van der Waals surface area (Å²) in [6.07, 6.45) is 2.49. The molecular weight excluding hydrogens is 552 g/mol. The molecule has 4 heterocycles. The molecule has 1 saturated heterocycles. The highest BCUT2D eigenvalue weighted by atomic mass is 35.5. The predicted octanol–water partition coefficient (Wildman–Crippen LogP) is 4.12. The third kappa shape index (κ3) is 6.51. The fraction of sp³-hybridized carbons (Fsp3) is 0.500. The van der Waals surface area contributed by atoms with Crippen LogP contribution in [0.3, 0.4) is 0 Å². The number of fused-ring (bicyclic) bond motifs is 1. The normalized spacial score (nSPS) is 22.2. The van der Waals surface area contributed by atoms with E-state index in [1.54, 1.807) is 12.1 Å². The van der Waals surface area contributed by atoms with Crippen LogP contribution in [0, 0.1) is 5.82 Å². The van der Waals surface area contributed by atoms with E-state index in [0.29, 0.717) is 32.6 Å². The van der Waals surface area contributed by atoms with E-state index in [1.165, 1.54) is 12.1 Å². The smallest absolute Gasteiger partial charge is 0.249 e. The number of nitrogens with one attached hydrogen (secondary N) is 1. The van der Waals surface area contributed by atoms with Crippen molar-refractivity contribution in [3.05, 3.63) is 70.3 Å². The topological polar surface area (TPSA) is 68.8 Å². The average Bonchev–Trinajstić information content (AvgIpc) is 3.28. The van der Waals surface area contributed by atoms with Gasteiger partial charge in [-0.1, -0.05) is 26.0 Å². The molecule has 2 amide bonds. The van der Waals surface area contributed by atoms with Gasteiger partial charge in [0.25, 0.3) is 0 Å². The van der Waals surface area contributed by atoms with Crippen molar-refractivity contribution in [3.63, 3.8) is 0 Å². The Hall–Kier alpha value is -2.52. The number of hydrogen-bond acceptors (Lipinski definition) is 5. The molecule has 5 rings (SSSR count). The van der Waals surface area contributed by atoms with Crippen LogP contribution in [0.25, 0.3) is 0 Å². The van der Waals surface area contributed by atoms with Crippen molar-refractivity contribution in [2.45, 2.75) is 58.5 Å². The first-order valence-electron chi connectivity index (χ1n) is 13.5. The van der Waals surface area contributed by atoms with Crippen molar-refractivity contribution in [3.8, 4) is 0 Å². The number of nitrogens with zero attached hydrogens (tertiary/aromatic N) is 4. The van der Waals surface area contributed by atoms with Crippen LogP contribution >= 0.6 is 24.8 Å². The fourth-order valence-electron chi connectivity index (χ4n) is 5.90. The van der Waals surface area contributed by atoms with Gasteiger partial charge in [-0.25, -0.2) is 4.39 Å². The van der Waals surface area contributed by atoms with Crippen molar-refractivity contribution in [2.24, 2.45) is 0 Å². The molecule has 218 valence electrons. The summed E-state index contributed by atoms with van der Waals surface area (Å²) in [6, 6.07) is 8.89. The van der Waals surface area contributed by atoms with Gasteiger partial charge < -0.3 is 15.1 Å². The van der Waals surface area contributed by atoms with Crippen molar-refractivity contribution >= 4 is 42.3 Å². The molecule has 2 aromatic rings. The number of anilines is 1. The number of amides is 2. The highest BCUT2D eigenvalue weighted by molar-refractivity contribution is 5.97. The zero-order chi connectivity index (χ0) is 27.2. The molecule has 0 spiro atoms. The Morgan fingerprint density at radius 1 is 1.15 bits per heavy atom. The van der Waals surface area contributed by atoms with E-state index in [2.05, 4.69) is 37.1 Å². The molecule has 40 heavy (non-hydrogen) atoms. The van der Waals surface area contributed by atoms with Gasteiger partial charge in [-0.15, -0.1) is 24.8 Å². The monoisotopic (exact) mass is 591 g/mol. The summed E-state index contributed by atoms with van der Waals surface area (Å²) in [5, 5.41) is 3.53. The highest BCUT2D eigenvalue weighted by Crippen LogP contribution is 2.39. The minimum atomic E-state index is -0.254. The first kappa shape index (κ1) is 32.0. The molecule has 0 aliphatic carbocycles. The summed E-state index contributed by atoms with van der Waals surface area (Å²) in [6.45, 7) is 13.9. The quantitative estimate of drug-likeness (QED) is 0.547. The number of rotatable bonds is 6. The summed E-state index contributed by atoms with van der Waals surface area (Å²) in [5.74, 6) is -0.104. The maximum atomic E-state index is 13.8. The Morgan fingerprint density at radius 2 is 1.85 bits per heavy atom. The molecule has 1 fully saturated rings. The number of pyridine rings is 1. The molecule has 0 radical (unpaired) electrons. The molecular formula is C30H40Cl2FN5O2. The molecule has 0 unspecified atom stereocenters. The van der Waals surface area contributed by atoms with Crippen LogP contribution in [-0.2, 0) is 21.4 Å². The molecule has 7 nitrogen and oxygen atoms in total. The van der Waals surface area contributed by atoms with Crippen LogP contribution in [0.1, 0.15) is 51.4 Å². The maximum Gasteiger partial charge on any atom is 0.249 e. The summed E-state index contributed by atoms with van der Waals surface area (Å²) in [5.41, 5.74) is 5.49. The first-order chi connectivity index (χ1) is 18.0. The minimum absolute atomic E-state index is 0. The molecule has 10 heteroatoms. The lowest BCUT2D eigenvalue weighted by molar-refractivity contribution is -0.126. The molecule has 2 atom stereocenters. The Labute approximate surface area is 249 Å². The van der Waals surface area contributed by atoms with Gasteiger partial charge in [0.1, 0.15) is 5.82 Å². The lowest BCUT2D eigenvalue weighted by Crippen LogP contribution is -2.61. The van der Waals surface area contributed by atoms with Crippen molar-refractivity contribution in [1.82, 2.24) is 20.1 Å². The van der Waals surface area contributed by atoms with E-state index in [9.17, 15) is 14.0 Å². The number of hydrogen-bond donors (Lipinski definition) is 1. The number of halogens is 3. The SMILES string of the molecule is CC1=C(C)C(=O)N(C[C@H]2CN[C@H](C)CN2CC(=O)N2CC(C)(C)c3ncc(Cc4ccc(F)cc4)cc32)C1.Cl.Cl. The summed E-state index contributed by atoms with van der Waals surface area (Å²) < 4.78 is 13.4. The van der Waals surface area contributed by atoms with E-state index in [0.717, 1.165) is 46.7 Å². The van der Waals surface area contributed by atoms with Crippen molar-refractivity contribution in [2.75, 3.05) is 44.2 Å². The van der Waals surface area contributed by atoms with Crippen LogP contribution in [-0.4, -0.2) is 78.0 Å². The van der Waals surface area contributed by atoms with E-state index >= 15 is 0 Å². The number of carbonyl (C=O) groups excluding carboxylic acids is 2. The van der Waals surface area contributed by atoms with E-state index < -0.39 is 0 Å². The van der Waals surface area contributed by atoms with Crippen LogP contribution in [0.4, 0.5) is 10.1 Å². The largest absolute Gasteiger partial charge is 0.333 e. The van der Waals surface area contributed by atoms with Crippen molar-refractivity contribution in [1.29, 1.82) is 0 Å².